The van der Waals surface area contributed by atoms with Crippen molar-refractivity contribution in [2.24, 2.45) is 0 Å². The van der Waals surface area contributed by atoms with E-state index in [9.17, 15) is 14.9 Å². The lowest BCUT2D eigenvalue weighted by Crippen LogP contribution is -2.15. The van der Waals surface area contributed by atoms with Gasteiger partial charge < -0.3 is 14.6 Å². The third kappa shape index (κ3) is 4.89. The first kappa shape index (κ1) is 21.6. The largest absolute Gasteiger partial charge is 0.496 e. The average molecular weight is 448 g/mol. The second-order valence-corrected chi connectivity index (χ2v) is 7.41. The van der Waals surface area contributed by atoms with E-state index in [4.69, 9.17) is 16.3 Å². The van der Waals surface area contributed by atoms with Crippen molar-refractivity contribution in [3.8, 4) is 17.1 Å². The Morgan fingerprint density at radius 3 is 2.63 bits per heavy atom. The number of halogens is 1. The maximum absolute atomic E-state index is 12.4. The fourth-order valence-corrected chi connectivity index (χ4v) is 3.63. The summed E-state index contributed by atoms with van der Waals surface area (Å²) in [6, 6.07) is 11.5. The number of anilines is 1. The average Bonchev–Trinajstić information content (AvgIpc) is 3.15. The quantitative estimate of drug-likeness (QED) is 0.311. The Balaban J connectivity index is 1.71. The van der Waals surface area contributed by atoms with Crippen molar-refractivity contribution in [3.05, 3.63) is 57.6 Å². The summed E-state index contributed by atoms with van der Waals surface area (Å²) in [5.74, 6) is 0.622. The van der Waals surface area contributed by atoms with Gasteiger partial charge in [-0.05, 0) is 43.3 Å². The Bertz CT molecular complexity index is 1070. The Morgan fingerprint density at radius 1 is 1.27 bits per heavy atom. The van der Waals surface area contributed by atoms with Crippen LogP contribution >= 0.6 is 23.4 Å². The van der Waals surface area contributed by atoms with Crippen LogP contribution in [-0.2, 0) is 11.3 Å². The van der Waals surface area contributed by atoms with Gasteiger partial charge in [0.15, 0.2) is 11.0 Å². The molecular weight excluding hydrogens is 430 g/mol. The predicted molar refractivity (Wildman–Crippen MR) is 115 cm³/mol. The van der Waals surface area contributed by atoms with Crippen molar-refractivity contribution >= 4 is 40.6 Å². The molecule has 30 heavy (non-hydrogen) atoms. The van der Waals surface area contributed by atoms with Crippen LogP contribution in [0.1, 0.15) is 6.92 Å². The fourth-order valence-electron chi connectivity index (χ4n) is 2.70. The number of nitrogens with one attached hydrogen (secondary N) is 1. The van der Waals surface area contributed by atoms with Crippen molar-refractivity contribution in [1.82, 2.24) is 14.8 Å². The lowest BCUT2D eigenvalue weighted by molar-refractivity contribution is -0.384. The number of nitrogens with zero attached hydrogens (tertiary/aromatic N) is 4. The van der Waals surface area contributed by atoms with Crippen LogP contribution in [0.15, 0.2) is 47.6 Å². The Morgan fingerprint density at radius 2 is 2.00 bits per heavy atom. The van der Waals surface area contributed by atoms with Crippen molar-refractivity contribution in [3.63, 3.8) is 0 Å². The van der Waals surface area contributed by atoms with E-state index in [1.54, 1.807) is 18.2 Å². The van der Waals surface area contributed by atoms with Gasteiger partial charge in [0.05, 0.1) is 23.9 Å². The van der Waals surface area contributed by atoms with Gasteiger partial charge in [-0.3, -0.25) is 14.9 Å². The molecule has 0 radical (unpaired) electrons. The Kier molecular flexibility index (Phi) is 6.91. The molecule has 11 heteroatoms. The highest BCUT2D eigenvalue weighted by molar-refractivity contribution is 7.99. The number of ether oxygens (including phenoxy) is 1. The summed E-state index contributed by atoms with van der Waals surface area (Å²) in [5.41, 5.74) is 0.721. The van der Waals surface area contributed by atoms with Gasteiger partial charge in [0, 0.05) is 17.1 Å². The highest BCUT2D eigenvalue weighted by Crippen LogP contribution is 2.30. The minimum Gasteiger partial charge on any atom is -0.496 e. The van der Waals surface area contributed by atoms with Crippen molar-refractivity contribution in [1.29, 1.82) is 0 Å². The van der Waals surface area contributed by atoms with E-state index in [2.05, 4.69) is 15.5 Å². The van der Waals surface area contributed by atoms with Crippen molar-refractivity contribution in [2.75, 3.05) is 18.2 Å². The molecule has 1 N–H and O–H groups in total. The first-order valence-corrected chi connectivity index (χ1v) is 10.2. The maximum atomic E-state index is 12.4. The zero-order chi connectivity index (χ0) is 21.7. The van der Waals surface area contributed by atoms with Gasteiger partial charge in [-0.15, -0.1) is 10.2 Å². The molecule has 9 nitrogen and oxygen atoms in total. The number of hydrogen-bond acceptors (Lipinski definition) is 7. The summed E-state index contributed by atoms with van der Waals surface area (Å²) in [4.78, 5) is 23.1. The topological polar surface area (TPSA) is 112 Å². The zero-order valence-corrected chi connectivity index (χ0v) is 17.7. The van der Waals surface area contributed by atoms with Crippen LogP contribution in [0.3, 0.4) is 0 Å². The molecule has 0 aliphatic carbocycles. The molecule has 0 atom stereocenters. The standard InChI is InChI=1S/C19H18ClN5O4S/c1-3-24-18(12-4-6-13(20)7-5-12)22-23-19(24)30-11-17(26)21-15-9-8-14(29-2)10-16(15)25(27)28/h4-10H,3,11H2,1-2H3,(H,21,26). The van der Waals surface area contributed by atoms with Gasteiger partial charge in [-0.25, -0.2) is 0 Å². The van der Waals surface area contributed by atoms with Crippen LogP contribution in [0.4, 0.5) is 11.4 Å². The summed E-state index contributed by atoms with van der Waals surface area (Å²) in [5, 5.41) is 23.4. The molecule has 0 aliphatic rings. The molecule has 3 rings (SSSR count). The molecule has 1 heterocycles. The normalized spacial score (nSPS) is 10.6. The van der Waals surface area contributed by atoms with Crippen molar-refractivity contribution in [2.45, 2.75) is 18.6 Å². The number of hydrogen-bond donors (Lipinski definition) is 1. The molecule has 0 fully saturated rings. The van der Waals surface area contributed by atoms with Crippen LogP contribution in [0.25, 0.3) is 11.4 Å². The first-order valence-electron chi connectivity index (χ1n) is 8.87. The molecule has 156 valence electrons. The molecule has 2 aromatic carbocycles. The van der Waals surface area contributed by atoms with Crippen LogP contribution in [0.2, 0.25) is 5.02 Å². The number of rotatable bonds is 8. The number of methoxy groups -OCH3 is 1. The van der Waals surface area contributed by atoms with E-state index < -0.39 is 10.8 Å². The monoisotopic (exact) mass is 447 g/mol. The van der Waals surface area contributed by atoms with E-state index >= 15 is 0 Å². The van der Waals surface area contributed by atoms with Gasteiger partial charge in [-0.1, -0.05) is 23.4 Å². The molecule has 3 aromatic rings. The van der Waals surface area contributed by atoms with Crippen LogP contribution in [0, 0.1) is 10.1 Å². The number of benzene rings is 2. The van der Waals surface area contributed by atoms with Gasteiger partial charge in [-0.2, -0.15) is 0 Å². The summed E-state index contributed by atoms with van der Waals surface area (Å²) in [7, 11) is 1.41. The third-order valence-electron chi connectivity index (χ3n) is 4.14. The van der Waals surface area contributed by atoms with E-state index in [1.165, 1.54) is 31.0 Å². The Labute approximate surface area is 181 Å². The number of aromatic nitrogens is 3. The molecule has 0 aliphatic heterocycles. The van der Waals surface area contributed by atoms with Gasteiger partial charge in [0.2, 0.25) is 5.91 Å². The number of carbonyl (C=O) groups excluding carboxylic acids is 1. The molecule has 0 spiro atoms. The zero-order valence-electron chi connectivity index (χ0n) is 16.2. The van der Waals surface area contributed by atoms with Crippen molar-refractivity contribution < 1.29 is 14.5 Å². The SMILES string of the molecule is CCn1c(SCC(=O)Nc2ccc(OC)cc2[N+](=O)[O-])nnc1-c1ccc(Cl)cc1. The first-order chi connectivity index (χ1) is 14.4. The lowest BCUT2D eigenvalue weighted by Gasteiger charge is -2.09. The van der Waals surface area contributed by atoms with Gasteiger partial charge in [0.25, 0.3) is 5.69 Å². The maximum Gasteiger partial charge on any atom is 0.296 e. The van der Waals surface area contributed by atoms with Crippen LogP contribution in [-0.4, -0.2) is 38.5 Å². The van der Waals surface area contributed by atoms with E-state index in [0.717, 1.165) is 5.56 Å². The summed E-state index contributed by atoms with van der Waals surface area (Å²) in [6.07, 6.45) is 0. The summed E-state index contributed by atoms with van der Waals surface area (Å²) in [6.45, 7) is 2.56. The van der Waals surface area contributed by atoms with E-state index in [-0.39, 0.29) is 17.1 Å². The van der Waals surface area contributed by atoms with E-state index in [0.29, 0.717) is 28.3 Å². The number of nitro groups is 1. The minimum absolute atomic E-state index is 0.0158. The molecular formula is C19H18ClN5O4S. The molecule has 0 unspecified atom stereocenters. The molecule has 1 aromatic heterocycles. The third-order valence-corrected chi connectivity index (χ3v) is 5.36. The second-order valence-electron chi connectivity index (χ2n) is 6.03. The minimum atomic E-state index is -0.572. The summed E-state index contributed by atoms with van der Waals surface area (Å²) < 4.78 is 6.88. The van der Waals surface area contributed by atoms with Gasteiger partial charge in [0.1, 0.15) is 11.4 Å². The number of nitro benzene ring substituents is 1. The highest BCUT2D eigenvalue weighted by Gasteiger charge is 2.19. The molecule has 0 saturated carbocycles. The smallest absolute Gasteiger partial charge is 0.296 e. The number of carbonyl (C=O) groups is 1. The van der Waals surface area contributed by atoms with Crippen LogP contribution < -0.4 is 10.1 Å². The Hall–Kier alpha value is -3.11. The highest BCUT2D eigenvalue weighted by atomic mass is 35.5. The predicted octanol–water partition coefficient (Wildman–Crippen LogP) is 4.27. The van der Waals surface area contributed by atoms with Gasteiger partial charge >= 0.3 is 0 Å². The second kappa shape index (κ2) is 9.59. The number of amides is 1. The molecule has 0 saturated heterocycles. The fraction of sp³-hybridized carbons (Fsp3) is 0.211. The van der Waals surface area contributed by atoms with Crippen LogP contribution in [0.5, 0.6) is 5.75 Å². The summed E-state index contributed by atoms with van der Waals surface area (Å²) >= 11 is 7.13. The van der Waals surface area contributed by atoms with E-state index in [1.807, 2.05) is 23.6 Å². The molecule has 0 bridgehead atoms. The molecule has 1 amide bonds. The lowest BCUT2D eigenvalue weighted by atomic mass is 10.2. The number of thioether (sulfide) groups is 1.